The third-order valence-corrected chi connectivity index (χ3v) is 7.19. The minimum Gasteiger partial charge on any atom is -0.340 e. The Morgan fingerprint density at radius 1 is 1.00 bits per heavy atom. The molecule has 0 fully saturated rings. The van der Waals surface area contributed by atoms with E-state index in [1.807, 2.05) is 73.6 Å². The van der Waals surface area contributed by atoms with Gasteiger partial charge in [-0.1, -0.05) is 72.3 Å². The lowest BCUT2D eigenvalue weighted by Gasteiger charge is -2.19. The molecule has 0 saturated carbocycles. The first-order valence-electron chi connectivity index (χ1n) is 14.2. The van der Waals surface area contributed by atoms with Crippen LogP contribution in [0.2, 0.25) is 5.02 Å². The molecular formula is C34H31ClFN7O2. The van der Waals surface area contributed by atoms with Crippen molar-refractivity contribution in [2.75, 3.05) is 19.4 Å². The van der Waals surface area contributed by atoms with Crippen molar-refractivity contribution in [2.24, 2.45) is 0 Å². The minimum absolute atomic E-state index is 0.0155. The normalized spacial score (nSPS) is 11.9. The van der Waals surface area contributed by atoms with Crippen LogP contribution in [0.15, 0.2) is 103 Å². The maximum atomic E-state index is 15.4. The summed E-state index contributed by atoms with van der Waals surface area (Å²) in [4.78, 5) is 28.6. The number of nitrogens with one attached hydrogen (secondary N) is 2. The second kappa shape index (κ2) is 14.5. The van der Waals surface area contributed by atoms with Crippen LogP contribution in [0.3, 0.4) is 0 Å². The molecule has 4 aromatic carbocycles. The smallest absolute Gasteiger partial charge is 0.247 e. The lowest BCUT2D eigenvalue weighted by Crippen LogP contribution is -2.44. The summed E-state index contributed by atoms with van der Waals surface area (Å²) in [5, 5.41) is 17.1. The van der Waals surface area contributed by atoms with Gasteiger partial charge in [-0.15, -0.1) is 5.10 Å². The van der Waals surface area contributed by atoms with E-state index in [9.17, 15) is 9.59 Å². The van der Waals surface area contributed by atoms with E-state index in [0.29, 0.717) is 28.4 Å². The zero-order valence-corrected chi connectivity index (χ0v) is 25.4. The molecule has 45 heavy (non-hydrogen) atoms. The summed E-state index contributed by atoms with van der Waals surface area (Å²) in [7, 11) is 3.95. The van der Waals surface area contributed by atoms with Crippen molar-refractivity contribution >= 4 is 35.2 Å². The summed E-state index contributed by atoms with van der Waals surface area (Å²) >= 11 is 6.19. The van der Waals surface area contributed by atoms with Gasteiger partial charge in [-0.3, -0.25) is 9.59 Å². The fraction of sp³-hybridized carbons (Fsp3) is 0.147. The Morgan fingerprint density at radius 3 is 2.51 bits per heavy atom. The highest BCUT2D eigenvalue weighted by Crippen LogP contribution is 2.28. The molecule has 1 atom stereocenters. The summed E-state index contributed by atoms with van der Waals surface area (Å²) in [6.07, 6.45) is 4.47. The number of anilines is 1. The van der Waals surface area contributed by atoms with E-state index in [0.717, 1.165) is 16.7 Å². The molecule has 0 radical (unpaired) electrons. The maximum absolute atomic E-state index is 15.4. The average Bonchev–Trinajstić information content (AvgIpc) is 3.56. The zero-order valence-electron chi connectivity index (χ0n) is 24.7. The summed E-state index contributed by atoms with van der Waals surface area (Å²) < 4.78 is 16.8. The van der Waals surface area contributed by atoms with Crippen LogP contribution >= 0.6 is 11.6 Å². The highest BCUT2D eigenvalue weighted by atomic mass is 35.5. The molecule has 0 aliphatic carbocycles. The Morgan fingerprint density at radius 2 is 1.78 bits per heavy atom. The number of halogens is 2. The monoisotopic (exact) mass is 623 g/mol. The molecule has 0 bridgehead atoms. The SMILES string of the molecule is CN(C)Cc1ccccc1-c1ccc(NC(=O)[C@H](Cc2ccccc2)NC(=O)C=Cc2cc(Cl)ccc2-n2cnnn2)c(F)c1. The van der Waals surface area contributed by atoms with Crippen LogP contribution in [0.25, 0.3) is 22.9 Å². The Bertz CT molecular complexity index is 1810. The van der Waals surface area contributed by atoms with Gasteiger partial charge in [0.2, 0.25) is 11.8 Å². The fourth-order valence-electron chi connectivity index (χ4n) is 4.87. The van der Waals surface area contributed by atoms with Gasteiger partial charge in [0.05, 0.1) is 11.4 Å². The van der Waals surface area contributed by atoms with Gasteiger partial charge in [-0.2, -0.15) is 4.68 Å². The van der Waals surface area contributed by atoms with E-state index < -0.39 is 23.7 Å². The van der Waals surface area contributed by atoms with Gasteiger partial charge in [0.25, 0.3) is 0 Å². The van der Waals surface area contributed by atoms with Gasteiger partial charge in [0, 0.05) is 29.6 Å². The van der Waals surface area contributed by atoms with Gasteiger partial charge in [-0.25, -0.2) is 4.39 Å². The number of hydrogen-bond acceptors (Lipinski definition) is 6. The number of benzene rings is 4. The van der Waals surface area contributed by atoms with Crippen molar-refractivity contribution in [2.45, 2.75) is 19.0 Å². The van der Waals surface area contributed by atoms with E-state index in [4.69, 9.17) is 11.6 Å². The number of tetrazole rings is 1. The zero-order chi connectivity index (χ0) is 31.8. The third kappa shape index (κ3) is 8.26. The molecule has 9 nitrogen and oxygen atoms in total. The molecule has 1 aromatic heterocycles. The molecule has 2 amide bonds. The highest BCUT2D eigenvalue weighted by Gasteiger charge is 2.22. The van der Waals surface area contributed by atoms with Crippen molar-refractivity contribution in [1.82, 2.24) is 30.4 Å². The first-order valence-corrected chi connectivity index (χ1v) is 14.5. The van der Waals surface area contributed by atoms with Crippen molar-refractivity contribution in [3.63, 3.8) is 0 Å². The summed E-state index contributed by atoms with van der Waals surface area (Å²) in [5.41, 5.74) is 4.70. The van der Waals surface area contributed by atoms with Crippen molar-refractivity contribution in [3.05, 3.63) is 131 Å². The van der Waals surface area contributed by atoms with E-state index in [-0.39, 0.29) is 12.1 Å². The number of amides is 2. The number of aromatic nitrogens is 4. The van der Waals surface area contributed by atoms with Gasteiger partial charge < -0.3 is 15.5 Å². The average molecular weight is 624 g/mol. The molecule has 0 unspecified atom stereocenters. The molecule has 0 saturated heterocycles. The lowest BCUT2D eigenvalue weighted by atomic mass is 9.99. The molecule has 0 spiro atoms. The van der Waals surface area contributed by atoms with E-state index in [1.54, 1.807) is 30.3 Å². The van der Waals surface area contributed by atoms with Gasteiger partial charge in [-0.05, 0) is 83.2 Å². The van der Waals surface area contributed by atoms with Crippen LogP contribution in [-0.2, 0) is 22.6 Å². The molecule has 5 rings (SSSR count). The van der Waals surface area contributed by atoms with Crippen LogP contribution in [0.4, 0.5) is 10.1 Å². The van der Waals surface area contributed by atoms with E-state index in [2.05, 4.69) is 26.2 Å². The van der Waals surface area contributed by atoms with Gasteiger partial charge >= 0.3 is 0 Å². The fourth-order valence-corrected chi connectivity index (χ4v) is 5.05. The van der Waals surface area contributed by atoms with Crippen molar-refractivity contribution in [1.29, 1.82) is 0 Å². The van der Waals surface area contributed by atoms with Crippen LogP contribution in [-0.4, -0.2) is 57.1 Å². The number of nitrogens with zero attached hydrogens (tertiary/aromatic N) is 5. The van der Waals surface area contributed by atoms with Crippen LogP contribution in [0, 0.1) is 5.82 Å². The maximum Gasteiger partial charge on any atom is 0.247 e. The number of hydrogen-bond donors (Lipinski definition) is 2. The molecule has 11 heteroatoms. The predicted molar refractivity (Wildman–Crippen MR) is 173 cm³/mol. The Kier molecular flexibility index (Phi) is 10.1. The van der Waals surface area contributed by atoms with Crippen LogP contribution in [0.1, 0.15) is 16.7 Å². The minimum atomic E-state index is -0.997. The number of rotatable bonds is 11. The molecule has 228 valence electrons. The van der Waals surface area contributed by atoms with E-state index in [1.165, 1.54) is 29.2 Å². The quantitative estimate of drug-likeness (QED) is 0.187. The second-order valence-corrected chi connectivity index (χ2v) is 11.1. The lowest BCUT2D eigenvalue weighted by molar-refractivity contribution is -0.123. The standard InChI is InChI=1S/C34H31ClFN7O2/c1-42(2)21-26-10-6-7-11-28(26)24-12-15-30(29(36)20-24)39-34(45)31(18-23-8-4-3-5-9-23)38-33(44)17-13-25-19-27(35)14-16-32(25)43-22-37-40-41-43/h3-17,19-20,22,31H,18,21H2,1-2H3,(H,38,44)(H,39,45)/t31-/m0/s1. The molecule has 2 N–H and O–H groups in total. The van der Waals surface area contributed by atoms with Crippen LogP contribution < -0.4 is 10.6 Å². The Labute approximate surface area is 265 Å². The number of carbonyl (C=O) groups excluding carboxylic acids is 2. The molecule has 1 heterocycles. The Hall–Kier alpha value is -5.19. The first kappa shape index (κ1) is 31.2. The summed E-state index contributed by atoms with van der Waals surface area (Å²) in [5.74, 6) is -1.67. The summed E-state index contributed by atoms with van der Waals surface area (Å²) in [6.45, 7) is 0.696. The van der Waals surface area contributed by atoms with E-state index >= 15 is 4.39 Å². The van der Waals surface area contributed by atoms with Crippen molar-refractivity contribution in [3.8, 4) is 16.8 Å². The van der Waals surface area contributed by atoms with Gasteiger partial charge in [0.15, 0.2) is 0 Å². The van der Waals surface area contributed by atoms with Crippen molar-refractivity contribution < 1.29 is 14.0 Å². The topological polar surface area (TPSA) is 105 Å². The molecule has 0 aliphatic rings. The number of carbonyl (C=O) groups is 2. The highest BCUT2D eigenvalue weighted by molar-refractivity contribution is 6.30. The van der Waals surface area contributed by atoms with Crippen LogP contribution in [0.5, 0.6) is 0 Å². The van der Waals surface area contributed by atoms with Gasteiger partial charge in [0.1, 0.15) is 18.2 Å². The third-order valence-electron chi connectivity index (χ3n) is 6.96. The second-order valence-electron chi connectivity index (χ2n) is 10.6. The predicted octanol–water partition coefficient (Wildman–Crippen LogP) is 5.56. The Balaban J connectivity index is 1.35. The molecule has 0 aliphatic heterocycles. The first-order chi connectivity index (χ1) is 21.8. The largest absolute Gasteiger partial charge is 0.340 e. The molecule has 5 aromatic rings. The summed E-state index contributed by atoms with van der Waals surface area (Å²) in [6, 6.07) is 25.9. The molecular weight excluding hydrogens is 593 g/mol.